The number of nitrogens with zero attached hydrogens (tertiary/aromatic N) is 2. The van der Waals surface area contributed by atoms with Gasteiger partial charge in [-0.3, -0.25) is 10.1 Å². The summed E-state index contributed by atoms with van der Waals surface area (Å²) in [7, 11) is 1.95. The van der Waals surface area contributed by atoms with E-state index in [1.54, 1.807) is 12.1 Å². The maximum atomic E-state index is 10.8. The van der Waals surface area contributed by atoms with Crippen LogP contribution in [0, 0.1) is 17.0 Å². The SMILES string of the molecule is CNC1CCN(c2cc(Cl)c([N+](=O)[O-])cc2C)C1. The van der Waals surface area contributed by atoms with Crippen LogP contribution in [0.4, 0.5) is 11.4 Å². The maximum absolute atomic E-state index is 10.8. The van der Waals surface area contributed by atoms with E-state index in [4.69, 9.17) is 11.6 Å². The summed E-state index contributed by atoms with van der Waals surface area (Å²) in [6.07, 6.45) is 1.07. The first-order valence-corrected chi connectivity index (χ1v) is 6.27. The number of halogens is 1. The monoisotopic (exact) mass is 269 g/mol. The van der Waals surface area contributed by atoms with Crippen LogP contribution in [0.5, 0.6) is 0 Å². The Morgan fingerprint density at radius 1 is 1.56 bits per heavy atom. The van der Waals surface area contributed by atoms with Crippen molar-refractivity contribution < 1.29 is 4.92 Å². The standard InChI is InChI=1S/C12H16ClN3O2/c1-8-5-12(16(17)18)10(13)6-11(8)15-4-3-9(7-15)14-2/h5-6,9,14H,3-4,7H2,1-2H3. The van der Waals surface area contributed by atoms with Gasteiger partial charge < -0.3 is 10.2 Å². The van der Waals surface area contributed by atoms with Gasteiger partial charge in [0.15, 0.2) is 0 Å². The second-order valence-corrected chi connectivity index (χ2v) is 4.97. The molecule has 0 aliphatic carbocycles. The Morgan fingerprint density at radius 2 is 2.28 bits per heavy atom. The van der Waals surface area contributed by atoms with Crippen LogP contribution in [-0.4, -0.2) is 31.1 Å². The minimum absolute atomic E-state index is 0.0257. The van der Waals surface area contributed by atoms with E-state index in [9.17, 15) is 10.1 Å². The molecule has 0 bridgehead atoms. The molecule has 1 fully saturated rings. The number of nitro benzene ring substituents is 1. The van der Waals surface area contributed by atoms with Crippen LogP contribution in [0.1, 0.15) is 12.0 Å². The lowest BCUT2D eigenvalue weighted by Crippen LogP contribution is -2.29. The second-order valence-electron chi connectivity index (χ2n) is 4.57. The minimum atomic E-state index is -0.445. The van der Waals surface area contributed by atoms with Crippen molar-refractivity contribution >= 4 is 23.0 Å². The van der Waals surface area contributed by atoms with Crippen LogP contribution in [-0.2, 0) is 0 Å². The molecule has 0 radical (unpaired) electrons. The molecule has 1 saturated heterocycles. The predicted octanol–water partition coefficient (Wildman–Crippen LogP) is 2.35. The van der Waals surface area contributed by atoms with Crippen molar-refractivity contribution in [2.24, 2.45) is 0 Å². The second kappa shape index (κ2) is 5.12. The highest BCUT2D eigenvalue weighted by molar-refractivity contribution is 6.33. The maximum Gasteiger partial charge on any atom is 0.288 e. The molecule has 6 heteroatoms. The summed E-state index contributed by atoms with van der Waals surface area (Å²) in [6, 6.07) is 3.72. The van der Waals surface area contributed by atoms with Gasteiger partial charge in [0.2, 0.25) is 0 Å². The van der Waals surface area contributed by atoms with Gasteiger partial charge in [-0.25, -0.2) is 0 Å². The highest BCUT2D eigenvalue weighted by Gasteiger charge is 2.24. The molecule has 1 aromatic rings. The lowest BCUT2D eigenvalue weighted by Gasteiger charge is -2.21. The van der Waals surface area contributed by atoms with Crippen molar-refractivity contribution in [3.8, 4) is 0 Å². The Morgan fingerprint density at radius 3 is 2.83 bits per heavy atom. The van der Waals surface area contributed by atoms with Gasteiger partial charge in [0.25, 0.3) is 5.69 Å². The van der Waals surface area contributed by atoms with E-state index in [0.29, 0.717) is 6.04 Å². The summed E-state index contributed by atoms with van der Waals surface area (Å²) >= 11 is 5.96. The van der Waals surface area contributed by atoms with Gasteiger partial charge in [0.05, 0.1) is 4.92 Å². The number of benzene rings is 1. The summed E-state index contributed by atoms with van der Waals surface area (Å²) < 4.78 is 0. The van der Waals surface area contributed by atoms with Gasteiger partial charge in [-0.05, 0) is 32.0 Å². The summed E-state index contributed by atoms with van der Waals surface area (Å²) in [6.45, 7) is 3.73. The topological polar surface area (TPSA) is 58.4 Å². The lowest BCUT2D eigenvalue weighted by atomic mass is 10.1. The van der Waals surface area contributed by atoms with Gasteiger partial charge >= 0.3 is 0 Å². The third-order valence-corrected chi connectivity index (χ3v) is 3.70. The van der Waals surface area contributed by atoms with Crippen LogP contribution in [0.25, 0.3) is 0 Å². The molecule has 98 valence electrons. The predicted molar refractivity (Wildman–Crippen MR) is 72.5 cm³/mol. The summed E-state index contributed by atoms with van der Waals surface area (Å²) in [5.41, 5.74) is 1.86. The number of anilines is 1. The summed E-state index contributed by atoms with van der Waals surface area (Å²) in [5, 5.41) is 14.2. The van der Waals surface area contributed by atoms with E-state index < -0.39 is 4.92 Å². The molecule has 0 amide bonds. The molecule has 1 aliphatic heterocycles. The molecule has 1 N–H and O–H groups in total. The van der Waals surface area contributed by atoms with Gasteiger partial charge in [0.1, 0.15) is 5.02 Å². The first-order valence-electron chi connectivity index (χ1n) is 5.89. The average molecular weight is 270 g/mol. The van der Waals surface area contributed by atoms with Crippen molar-refractivity contribution in [1.82, 2.24) is 5.32 Å². The zero-order chi connectivity index (χ0) is 13.3. The van der Waals surface area contributed by atoms with Crippen LogP contribution in [0.2, 0.25) is 5.02 Å². The van der Waals surface area contributed by atoms with E-state index >= 15 is 0 Å². The summed E-state index contributed by atoms with van der Waals surface area (Å²) in [5.74, 6) is 0. The van der Waals surface area contributed by atoms with Crippen LogP contribution >= 0.6 is 11.6 Å². The van der Waals surface area contributed by atoms with E-state index in [1.165, 1.54) is 0 Å². The lowest BCUT2D eigenvalue weighted by molar-refractivity contribution is -0.384. The quantitative estimate of drug-likeness (QED) is 0.676. The van der Waals surface area contributed by atoms with E-state index in [0.717, 1.165) is 30.8 Å². The normalized spacial score (nSPS) is 19.3. The van der Waals surface area contributed by atoms with E-state index in [2.05, 4.69) is 10.2 Å². The van der Waals surface area contributed by atoms with Crippen molar-refractivity contribution in [2.75, 3.05) is 25.0 Å². The van der Waals surface area contributed by atoms with Crippen LogP contribution in [0.15, 0.2) is 12.1 Å². The minimum Gasteiger partial charge on any atom is -0.370 e. The Kier molecular flexibility index (Phi) is 3.73. The fourth-order valence-electron chi connectivity index (χ4n) is 2.35. The molecule has 18 heavy (non-hydrogen) atoms. The van der Waals surface area contributed by atoms with Crippen molar-refractivity contribution in [3.63, 3.8) is 0 Å². The van der Waals surface area contributed by atoms with Crippen molar-refractivity contribution in [1.29, 1.82) is 0 Å². The Hall–Kier alpha value is -1.33. The number of likely N-dealkylation sites (N-methyl/N-ethyl adjacent to an activating group) is 1. The number of hydrogen-bond acceptors (Lipinski definition) is 4. The molecule has 0 aromatic heterocycles. The fraction of sp³-hybridized carbons (Fsp3) is 0.500. The van der Waals surface area contributed by atoms with Crippen molar-refractivity contribution in [2.45, 2.75) is 19.4 Å². The number of nitro groups is 1. The molecular weight excluding hydrogens is 254 g/mol. The molecule has 0 spiro atoms. The number of rotatable bonds is 3. The van der Waals surface area contributed by atoms with E-state index in [-0.39, 0.29) is 10.7 Å². The smallest absolute Gasteiger partial charge is 0.288 e. The zero-order valence-electron chi connectivity index (χ0n) is 10.4. The highest BCUT2D eigenvalue weighted by Crippen LogP contribution is 2.33. The first-order chi connectivity index (χ1) is 8.52. The Bertz CT molecular complexity index is 479. The van der Waals surface area contributed by atoms with Gasteiger partial charge in [0, 0.05) is 30.9 Å². The van der Waals surface area contributed by atoms with E-state index in [1.807, 2.05) is 14.0 Å². The number of aryl methyl sites for hydroxylation is 1. The molecule has 5 nitrogen and oxygen atoms in total. The molecule has 2 rings (SSSR count). The third kappa shape index (κ3) is 2.42. The highest BCUT2D eigenvalue weighted by atomic mass is 35.5. The van der Waals surface area contributed by atoms with Gasteiger partial charge in [-0.2, -0.15) is 0 Å². The Balaban J connectivity index is 2.30. The van der Waals surface area contributed by atoms with Crippen LogP contribution in [0.3, 0.4) is 0 Å². The van der Waals surface area contributed by atoms with Gasteiger partial charge in [-0.1, -0.05) is 11.6 Å². The van der Waals surface area contributed by atoms with Crippen LogP contribution < -0.4 is 10.2 Å². The summed E-state index contributed by atoms with van der Waals surface area (Å²) in [4.78, 5) is 12.6. The molecule has 1 atom stereocenters. The zero-order valence-corrected chi connectivity index (χ0v) is 11.2. The Labute approximate surface area is 111 Å². The average Bonchev–Trinajstić information content (AvgIpc) is 2.79. The number of nitrogens with one attached hydrogen (secondary N) is 1. The molecule has 1 aromatic carbocycles. The van der Waals surface area contributed by atoms with Crippen molar-refractivity contribution in [3.05, 3.63) is 32.8 Å². The molecular formula is C12H16ClN3O2. The molecule has 0 saturated carbocycles. The largest absolute Gasteiger partial charge is 0.370 e. The first kappa shape index (κ1) is 13.1. The molecule has 1 unspecified atom stereocenters. The fourth-order valence-corrected chi connectivity index (χ4v) is 2.58. The molecule has 1 heterocycles. The molecule has 1 aliphatic rings. The third-order valence-electron chi connectivity index (χ3n) is 3.40. The van der Waals surface area contributed by atoms with Gasteiger partial charge in [-0.15, -0.1) is 0 Å². The number of hydrogen-bond donors (Lipinski definition) is 1.